The highest BCUT2D eigenvalue weighted by Gasteiger charge is 2.24. The Morgan fingerprint density at radius 1 is 1.38 bits per heavy atom. The van der Waals surface area contributed by atoms with Crippen LogP contribution in [0, 0.1) is 0 Å². The molecule has 2 rings (SSSR count). The quantitative estimate of drug-likeness (QED) is 0.664. The molecule has 2 N–H and O–H groups in total. The maximum atomic E-state index is 12.4. The molecule has 0 saturated carbocycles. The highest BCUT2D eigenvalue weighted by Crippen LogP contribution is 2.23. The highest BCUT2D eigenvalue weighted by atomic mass is 16.5. The average molecular weight is 292 g/mol. The fraction of sp³-hybridized carbons (Fsp3) is 0.562. The number of nitrogens with zero attached hydrogens (tertiary/aromatic N) is 1. The number of carbonyl (C=O) groups excluding carboxylic acids is 1. The van der Waals surface area contributed by atoms with Gasteiger partial charge in [0.05, 0.1) is 31.0 Å². The van der Waals surface area contributed by atoms with E-state index < -0.39 is 0 Å². The van der Waals surface area contributed by atoms with Crippen molar-refractivity contribution in [2.75, 3.05) is 32.0 Å². The third-order valence-corrected chi connectivity index (χ3v) is 3.49. The molecule has 116 valence electrons. The number of hydrogen-bond donors (Lipinski definition) is 1. The van der Waals surface area contributed by atoms with Gasteiger partial charge >= 0.3 is 0 Å². The van der Waals surface area contributed by atoms with Crippen LogP contribution in [0.4, 0.5) is 5.69 Å². The van der Waals surface area contributed by atoms with Crippen molar-refractivity contribution in [2.45, 2.75) is 33.0 Å². The zero-order valence-corrected chi connectivity index (χ0v) is 13.0. The fourth-order valence-corrected chi connectivity index (χ4v) is 2.72. The summed E-state index contributed by atoms with van der Waals surface area (Å²) in [6, 6.07) is 5.23. The number of hydrogen-bond acceptors (Lipinski definition) is 5. The Balaban J connectivity index is 2.01. The van der Waals surface area contributed by atoms with Crippen molar-refractivity contribution < 1.29 is 14.3 Å². The number of ether oxygens (including phenoxy) is 2. The van der Waals surface area contributed by atoms with E-state index in [1.165, 1.54) is 0 Å². The number of morpholine rings is 1. The molecule has 0 radical (unpaired) electrons. The Hall–Kier alpha value is -1.59. The van der Waals surface area contributed by atoms with Crippen molar-refractivity contribution in [1.82, 2.24) is 4.90 Å². The smallest absolute Gasteiger partial charge is 0.176 e. The third-order valence-electron chi connectivity index (χ3n) is 3.49. The van der Waals surface area contributed by atoms with Gasteiger partial charge in [0.25, 0.3) is 0 Å². The Kier molecular flexibility index (Phi) is 5.20. The van der Waals surface area contributed by atoms with E-state index in [1.807, 2.05) is 20.8 Å². The van der Waals surface area contributed by atoms with Gasteiger partial charge in [0, 0.05) is 18.7 Å². The molecule has 1 saturated heterocycles. The lowest BCUT2D eigenvalue weighted by Gasteiger charge is -2.34. The minimum atomic E-state index is 0.0750. The molecule has 0 aromatic heterocycles. The number of nitrogen functional groups attached to an aromatic ring is 1. The number of Topliss-reactive ketones (excluding diaryl/α,β-unsaturated/α-hetero) is 1. The van der Waals surface area contributed by atoms with Crippen molar-refractivity contribution in [2.24, 2.45) is 0 Å². The number of carbonyl (C=O) groups is 1. The van der Waals surface area contributed by atoms with Gasteiger partial charge in [0.2, 0.25) is 0 Å². The van der Waals surface area contributed by atoms with Gasteiger partial charge in [0.1, 0.15) is 5.75 Å². The number of nitrogens with two attached hydrogens (primary N) is 1. The van der Waals surface area contributed by atoms with Crippen molar-refractivity contribution in [3.05, 3.63) is 23.8 Å². The Labute approximate surface area is 126 Å². The number of rotatable bonds is 5. The summed E-state index contributed by atoms with van der Waals surface area (Å²) in [6.45, 7) is 8.47. The highest BCUT2D eigenvalue weighted by molar-refractivity contribution is 5.98. The summed E-state index contributed by atoms with van der Waals surface area (Å²) >= 11 is 0. The Bertz CT molecular complexity index is 494. The summed E-state index contributed by atoms with van der Waals surface area (Å²) in [7, 11) is 0. The van der Waals surface area contributed by atoms with Crippen LogP contribution >= 0.6 is 0 Å². The zero-order chi connectivity index (χ0) is 15.4. The molecule has 1 aromatic rings. The summed E-state index contributed by atoms with van der Waals surface area (Å²) < 4.78 is 11.1. The van der Waals surface area contributed by atoms with E-state index in [2.05, 4.69) is 4.90 Å². The number of benzene rings is 1. The zero-order valence-electron chi connectivity index (χ0n) is 13.0. The summed E-state index contributed by atoms with van der Waals surface area (Å²) in [5.41, 5.74) is 7.05. The van der Waals surface area contributed by atoms with Crippen LogP contribution in [0.1, 0.15) is 31.1 Å². The van der Waals surface area contributed by atoms with Crippen LogP contribution in [0.3, 0.4) is 0 Å². The molecule has 1 fully saturated rings. The Morgan fingerprint density at radius 3 is 2.62 bits per heavy atom. The van der Waals surface area contributed by atoms with Gasteiger partial charge in [-0.05, 0) is 39.0 Å². The first-order chi connectivity index (χ1) is 9.99. The van der Waals surface area contributed by atoms with E-state index in [1.54, 1.807) is 18.2 Å². The molecule has 0 spiro atoms. The van der Waals surface area contributed by atoms with Gasteiger partial charge in [0.15, 0.2) is 5.78 Å². The average Bonchev–Trinajstić information content (AvgIpc) is 2.40. The van der Waals surface area contributed by atoms with Gasteiger partial charge in [-0.3, -0.25) is 9.69 Å². The van der Waals surface area contributed by atoms with Gasteiger partial charge in [-0.15, -0.1) is 0 Å². The van der Waals surface area contributed by atoms with E-state index in [0.29, 0.717) is 30.2 Å². The van der Waals surface area contributed by atoms with Gasteiger partial charge in [-0.1, -0.05) is 0 Å². The molecule has 1 aliphatic rings. The van der Waals surface area contributed by atoms with E-state index in [-0.39, 0.29) is 18.0 Å². The minimum absolute atomic E-state index is 0.0750. The van der Waals surface area contributed by atoms with E-state index in [0.717, 1.165) is 13.1 Å². The lowest BCUT2D eigenvalue weighted by Crippen LogP contribution is -2.47. The van der Waals surface area contributed by atoms with E-state index >= 15 is 0 Å². The van der Waals surface area contributed by atoms with Crippen molar-refractivity contribution in [3.8, 4) is 5.75 Å². The second kappa shape index (κ2) is 6.91. The largest absolute Gasteiger partial charge is 0.492 e. The summed E-state index contributed by atoms with van der Waals surface area (Å²) in [5.74, 6) is 0.703. The molecule has 1 heterocycles. The van der Waals surface area contributed by atoms with Crippen LogP contribution in [-0.2, 0) is 4.74 Å². The van der Waals surface area contributed by atoms with Gasteiger partial charge in [-0.25, -0.2) is 0 Å². The summed E-state index contributed by atoms with van der Waals surface area (Å²) in [6.07, 6.45) is 0.318. The lowest BCUT2D eigenvalue weighted by molar-refractivity contribution is -0.0652. The third kappa shape index (κ3) is 4.19. The molecule has 1 aliphatic heterocycles. The first-order valence-corrected chi connectivity index (χ1v) is 7.43. The molecule has 0 aliphatic carbocycles. The first kappa shape index (κ1) is 15.8. The summed E-state index contributed by atoms with van der Waals surface area (Å²) in [5, 5.41) is 0. The maximum absolute atomic E-state index is 12.4. The van der Waals surface area contributed by atoms with Crippen LogP contribution < -0.4 is 10.5 Å². The molecule has 2 unspecified atom stereocenters. The minimum Gasteiger partial charge on any atom is -0.492 e. The Morgan fingerprint density at radius 2 is 2.05 bits per heavy atom. The standard InChI is InChI=1S/C16H24N2O3/c1-4-20-16-6-5-13(7-14(16)17)15(19)10-18-8-11(2)21-12(3)9-18/h5-7,11-12H,4,8-10,17H2,1-3H3. The van der Waals surface area contributed by atoms with Crippen LogP contribution in [0.5, 0.6) is 5.75 Å². The fourth-order valence-electron chi connectivity index (χ4n) is 2.72. The van der Waals surface area contributed by atoms with E-state index in [4.69, 9.17) is 15.2 Å². The van der Waals surface area contributed by atoms with Crippen LogP contribution in [0.25, 0.3) is 0 Å². The molecule has 5 heteroatoms. The number of anilines is 1. The molecule has 1 aromatic carbocycles. The monoisotopic (exact) mass is 292 g/mol. The lowest BCUT2D eigenvalue weighted by atomic mass is 10.1. The predicted molar refractivity (Wildman–Crippen MR) is 82.8 cm³/mol. The molecular weight excluding hydrogens is 268 g/mol. The van der Waals surface area contributed by atoms with Crippen LogP contribution in [0.2, 0.25) is 0 Å². The predicted octanol–water partition coefficient (Wildman–Crippen LogP) is 1.96. The number of ketones is 1. The summed E-state index contributed by atoms with van der Waals surface area (Å²) in [4.78, 5) is 14.5. The molecule has 0 amide bonds. The normalized spacial score (nSPS) is 23.0. The molecule has 0 bridgehead atoms. The molecular formula is C16H24N2O3. The SMILES string of the molecule is CCOc1ccc(C(=O)CN2CC(C)OC(C)C2)cc1N. The second-order valence-corrected chi connectivity index (χ2v) is 5.56. The molecule has 21 heavy (non-hydrogen) atoms. The van der Waals surface area contributed by atoms with E-state index in [9.17, 15) is 4.79 Å². The van der Waals surface area contributed by atoms with Crippen molar-refractivity contribution in [1.29, 1.82) is 0 Å². The molecule has 2 atom stereocenters. The van der Waals surface area contributed by atoms with Crippen molar-refractivity contribution in [3.63, 3.8) is 0 Å². The topological polar surface area (TPSA) is 64.8 Å². The molecule has 5 nitrogen and oxygen atoms in total. The van der Waals surface area contributed by atoms with Crippen LogP contribution in [0.15, 0.2) is 18.2 Å². The van der Waals surface area contributed by atoms with Crippen LogP contribution in [-0.4, -0.2) is 49.1 Å². The van der Waals surface area contributed by atoms with Crippen molar-refractivity contribution >= 4 is 11.5 Å². The second-order valence-electron chi connectivity index (χ2n) is 5.56. The van der Waals surface area contributed by atoms with Gasteiger partial charge < -0.3 is 15.2 Å². The maximum Gasteiger partial charge on any atom is 0.176 e. The first-order valence-electron chi connectivity index (χ1n) is 7.43. The van der Waals surface area contributed by atoms with Gasteiger partial charge in [-0.2, -0.15) is 0 Å².